The Hall–Kier alpha value is -1.21. The number of carbonyl (C=O) groups excluding carboxylic acids is 2. The normalized spacial score (nSPS) is 19.6. The van der Waals surface area contributed by atoms with Crippen LogP contribution in [0.2, 0.25) is 0 Å². The Balaban J connectivity index is 2.03. The third-order valence-electron chi connectivity index (χ3n) is 3.21. The Morgan fingerprint density at radius 3 is 2.89 bits per heavy atom. The molecule has 0 spiro atoms. The Labute approximate surface area is 120 Å². The van der Waals surface area contributed by atoms with E-state index in [0.717, 1.165) is 22.4 Å². The van der Waals surface area contributed by atoms with Crippen molar-refractivity contribution in [2.24, 2.45) is 0 Å². The maximum Gasteiger partial charge on any atom is 0.243 e. The van der Waals surface area contributed by atoms with Crippen LogP contribution in [0.15, 0.2) is 4.47 Å². The molecule has 1 aliphatic heterocycles. The molecular formula is C12H17BrN4O2. The van der Waals surface area contributed by atoms with Gasteiger partial charge >= 0.3 is 0 Å². The van der Waals surface area contributed by atoms with Gasteiger partial charge in [0.15, 0.2) is 0 Å². The maximum absolute atomic E-state index is 11.6. The lowest BCUT2D eigenvalue weighted by Crippen LogP contribution is -2.50. The Morgan fingerprint density at radius 1 is 1.53 bits per heavy atom. The number of hydrogen-bond donors (Lipinski definition) is 2. The summed E-state index contributed by atoms with van der Waals surface area (Å²) < 4.78 is 2.87. The second-order valence-corrected chi connectivity index (χ2v) is 5.34. The van der Waals surface area contributed by atoms with Gasteiger partial charge in [0.1, 0.15) is 0 Å². The molecule has 1 unspecified atom stereocenters. The van der Waals surface area contributed by atoms with Gasteiger partial charge in [0.2, 0.25) is 11.8 Å². The highest BCUT2D eigenvalue weighted by Gasteiger charge is 2.26. The van der Waals surface area contributed by atoms with E-state index in [1.165, 1.54) is 0 Å². The first-order chi connectivity index (χ1) is 9.02. The van der Waals surface area contributed by atoms with Crippen LogP contribution < -0.4 is 10.6 Å². The minimum absolute atomic E-state index is 0.196. The Kier molecular flexibility index (Phi) is 4.36. The fourth-order valence-corrected chi connectivity index (χ4v) is 2.57. The lowest BCUT2D eigenvalue weighted by atomic mass is 10.1. The van der Waals surface area contributed by atoms with Crippen molar-refractivity contribution in [2.45, 2.75) is 45.8 Å². The zero-order valence-electron chi connectivity index (χ0n) is 11.0. The molecule has 0 bridgehead atoms. The molecule has 19 heavy (non-hydrogen) atoms. The van der Waals surface area contributed by atoms with E-state index < -0.39 is 0 Å². The zero-order valence-corrected chi connectivity index (χ0v) is 12.6. The van der Waals surface area contributed by atoms with Crippen LogP contribution in [0, 0.1) is 6.92 Å². The largest absolute Gasteiger partial charge is 0.300 e. The molecule has 1 aromatic heterocycles. The predicted octanol–water partition coefficient (Wildman–Crippen LogP) is 0.869. The topological polar surface area (TPSA) is 76.0 Å². The molecule has 0 radical (unpaired) electrons. The molecule has 2 rings (SSSR count). The van der Waals surface area contributed by atoms with Crippen molar-refractivity contribution in [1.29, 1.82) is 0 Å². The van der Waals surface area contributed by atoms with E-state index >= 15 is 0 Å². The van der Waals surface area contributed by atoms with Crippen LogP contribution in [-0.2, 0) is 22.7 Å². The number of carbonyl (C=O) groups is 2. The summed E-state index contributed by atoms with van der Waals surface area (Å²) >= 11 is 3.51. The van der Waals surface area contributed by atoms with Crippen molar-refractivity contribution in [2.75, 3.05) is 0 Å². The van der Waals surface area contributed by atoms with Crippen LogP contribution in [0.4, 0.5) is 0 Å². The first-order valence-corrected chi connectivity index (χ1v) is 7.11. The van der Waals surface area contributed by atoms with Gasteiger partial charge in [-0.05, 0) is 36.2 Å². The minimum atomic E-state index is -0.315. The molecular weight excluding hydrogens is 312 g/mol. The lowest BCUT2D eigenvalue weighted by Gasteiger charge is -2.22. The summed E-state index contributed by atoms with van der Waals surface area (Å²) in [5, 5.41) is 9.92. The summed E-state index contributed by atoms with van der Waals surface area (Å²) in [7, 11) is 0. The molecule has 2 N–H and O–H groups in total. The fourth-order valence-electron chi connectivity index (χ4n) is 2.15. The summed E-state index contributed by atoms with van der Waals surface area (Å²) in [6.07, 6.45) is 0.929. The van der Waals surface area contributed by atoms with Crippen LogP contribution in [0.1, 0.15) is 31.2 Å². The lowest BCUT2D eigenvalue weighted by molar-refractivity contribution is -0.134. The Bertz CT molecular complexity index is 512. The van der Waals surface area contributed by atoms with Gasteiger partial charge < -0.3 is 5.32 Å². The molecule has 1 aliphatic rings. The fraction of sp³-hybridized carbons (Fsp3) is 0.583. The highest BCUT2D eigenvalue weighted by molar-refractivity contribution is 9.10. The Morgan fingerprint density at radius 2 is 2.26 bits per heavy atom. The van der Waals surface area contributed by atoms with Crippen LogP contribution in [0.3, 0.4) is 0 Å². The van der Waals surface area contributed by atoms with Crippen molar-refractivity contribution in [1.82, 2.24) is 20.4 Å². The van der Waals surface area contributed by atoms with Crippen LogP contribution >= 0.6 is 15.9 Å². The van der Waals surface area contributed by atoms with E-state index in [-0.39, 0.29) is 17.9 Å². The van der Waals surface area contributed by atoms with Crippen molar-refractivity contribution in [3.05, 3.63) is 15.9 Å². The van der Waals surface area contributed by atoms with E-state index in [1.54, 1.807) is 0 Å². The highest BCUT2D eigenvalue weighted by atomic mass is 79.9. The SMILES string of the molecule is CCn1nc(C)c(Br)c1CNC1CCC(=O)NC1=O. The third kappa shape index (κ3) is 3.03. The molecule has 1 saturated heterocycles. The molecule has 1 aromatic rings. The number of aromatic nitrogens is 2. The molecule has 1 atom stereocenters. The molecule has 104 valence electrons. The smallest absolute Gasteiger partial charge is 0.243 e. The molecule has 0 aliphatic carbocycles. The summed E-state index contributed by atoms with van der Waals surface area (Å²) in [4.78, 5) is 22.7. The predicted molar refractivity (Wildman–Crippen MR) is 73.3 cm³/mol. The number of nitrogens with zero attached hydrogens (tertiary/aromatic N) is 2. The monoisotopic (exact) mass is 328 g/mol. The van der Waals surface area contributed by atoms with Gasteiger partial charge in [-0.15, -0.1) is 0 Å². The number of hydrogen-bond acceptors (Lipinski definition) is 4. The number of amides is 2. The summed E-state index contributed by atoms with van der Waals surface area (Å²) in [5.41, 5.74) is 1.95. The minimum Gasteiger partial charge on any atom is -0.300 e. The number of nitrogens with one attached hydrogen (secondary N) is 2. The van der Waals surface area contributed by atoms with Gasteiger partial charge in [-0.1, -0.05) is 0 Å². The van der Waals surface area contributed by atoms with Gasteiger partial charge in [-0.3, -0.25) is 19.6 Å². The van der Waals surface area contributed by atoms with Gasteiger partial charge in [0, 0.05) is 19.5 Å². The number of halogens is 1. The average molecular weight is 329 g/mol. The van der Waals surface area contributed by atoms with E-state index in [1.807, 2.05) is 18.5 Å². The number of aryl methyl sites for hydroxylation is 2. The maximum atomic E-state index is 11.6. The third-order valence-corrected chi connectivity index (χ3v) is 4.24. The van der Waals surface area contributed by atoms with Crippen molar-refractivity contribution in [3.8, 4) is 0 Å². The van der Waals surface area contributed by atoms with Crippen molar-refractivity contribution >= 4 is 27.7 Å². The average Bonchev–Trinajstić information content (AvgIpc) is 2.65. The van der Waals surface area contributed by atoms with E-state index in [2.05, 4.69) is 31.7 Å². The quantitative estimate of drug-likeness (QED) is 0.804. The molecule has 1 fully saturated rings. The first kappa shape index (κ1) is 14.2. The van der Waals surface area contributed by atoms with Gasteiger partial charge in [-0.2, -0.15) is 5.10 Å². The molecule has 0 saturated carbocycles. The van der Waals surface area contributed by atoms with Gasteiger partial charge in [0.25, 0.3) is 0 Å². The number of imide groups is 1. The van der Waals surface area contributed by atoms with E-state index in [4.69, 9.17) is 0 Å². The van der Waals surface area contributed by atoms with Gasteiger partial charge in [-0.25, -0.2) is 0 Å². The molecule has 6 nitrogen and oxygen atoms in total. The standard InChI is InChI=1S/C12H17BrN4O2/c1-3-17-9(11(13)7(2)16-17)6-14-8-4-5-10(18)15-12(8)19/h8,14H,3-6H2,1-2H3,(H,15,18,19). The van der Waals surface area contributed by atoms with Crippen molar-refractivity contribution < 1.29 is 9.59 Å². The highest BCUT2D eigenvalue weighted by Crippen LogP contribution is 2.21. The van der Waals surface area contributed by atoms with E-state index in [0.29, 0.717) is 19.4 Å². The summed E-state index contributed by atoms with van der Waals surface area (Å²) in [5.74, 6) is -0.440. The van der Waals surface area contributed by atoms with Crippen LogP contribution in [-0.4, -0.2) is 27.6 Å². The molecule has 2 heterocycles. The van der Waals surface area contributed by atoms with Crippen LogP contribution in [0.5, 0.6) is 0 Å². The van der Waals surface area contributed by atoms with Crippen molar-refractivity contribution in [3.63, 3.8) is 0 Å². The summed E-state index contributed by atoms with van der Waals surface area (Å²) in [6.45, 7) is 5.28. The molecule has 0 aromatic carbocycles. The number of rotatable bonds is 4. The van der Waals surface area contributed by atoms with Crippen LogP contribution in [0.25, 0.3) is 0 Å². The second kappa shape index (κ2) is 5.83. The van der Waals surface area contributed by atoms with E-state index in [9.17, 15) is 9.59 Å². The molecule has 7 heteroatoms. The number of piperidine rings is 1. The zero-order chi connectivity index (χ0) is 14.0. The second-order valence-electron chi connectivity index (χ2n) is 4.55. The molecule has 2 amide bonds. The first-order valence-electron chi connectivity index (χ1n) is 6.31. The summed E-state index contributed by atoms with van der Waals surface area (Å²) in [6, 6.07) is -0.315. The van der Waals surface area contributed by atoms with Gasteiger partial charge in [0.05, 0.1) is 21.9 Å².